The Balaban J connectivity index is 2.10. The summed E-state index contributed by atoms with van der Waals surface area (Å²) < 4.78 is 10.9. The Kier molecular flexibility index (Phi) is 11.1. The number of carbonyl (C=O) groups excluding carboxylic acids is 1. The summed E-state index contributed by atoms with van der Waals surface area (Å²) in [5.41, 5.74) is 2.02. The summed E-state index contributed by atoms with van der Waals surface area (Å²) in [7, 11) is 0. The first-order valence-electron chi connectivity index (χ1n) is 9.25. The summed E-state index contributed by atoms with van der Waals surface area (Å²) in [6, 6.07) is 8.36. The second-order valence-corrected chi connectivity index (χ2v) is 6.94. The molecule has 0 aliphatic rings. The van der Waals surface area contributed by atoms with Crippen LogP contribution in [0.2, 0.25) is 0 Å². The molecule has 0 aliphatic carbocycles. The van der Waals surface area contributed by atoms with E-state index in [2.05, 4.69) is 38.3 Å². The van der Waals surface area contributed by atoms with E-state index in [-0.39, 0.29) is 5.91 Å². The first kappa shape index (κ1) is 21.6. The molecule has 5 heteroatoms. The van der Waals surface area contributed by atoms with Gasteiger partial charge in [-0.25, -0.2) is 0 Å². The van der Waals surface area contributed by atoms with Crippen molar-refractivity contribution in [3.8, 4) is 0 Å². The third-order valence-corrected chi connectivity index (χ3v) is 3.64. The Hall–Kier alpha value is -1.43. The first-order valence-corrected chi connectivity index (χ1v) is 9.25. The maximum absolute atomic E-state index is 11.9. The average molecular weight is 351 g/mol. The maximum Gasteiger partial charge on any atom is 0.226 e. The summed E-state index contributed by atoms with van der Waals surface area (Å²) in [4.78, 5) is 11.9. The third kappa shape index (κ3) is 11.7. The number of amides is 1. The molecule has 0 heterocycles. The number of ether oxygens (including phenoxy) is 2. The topological polar surface area (TPSA) is 59.6 Å². The van der Waals surface area contributed by atoms with Gasteiger partial charge in [-0.05, 0) is 30.0 Å². The lowest BCUT2D eigenvalue weighted by molar-refractivity contribution is -0.117. The zero-order chi connectivity index (χ0) is 18.5. The summed E-state index contributed by atoms with van der Waals surface area (Å²) >= 11 is 0. The monoisotopic (exact) mass is 350 g/mol. The number of anilines is 1. The molecule has 0 spiro atoms. The quantitative estimate of drug-likeness (QED) is 0.534. The van der Waals surface area contributed by atoms with Gasteiger partial charge in [-0.3, -0.25) is 4.79 Å². The number of hydrogen-bond donors (Lipinski definition) is 2. The van der Waals surface area contributed by atoms with E-state index in [0.29, 0.717) is 38.2 Å². The second kappa shape index (κ2) is 12.9. The largest absolute Gasteiger partial charge is 0.379 e. The van der Waals surface area contributed by atoms with Gasteiger partial charge < -0.3 is 20.1 Å². The molecule has 1 amide bonds. The normalized spacial score (nSPS) is 11.3. The van der Waals surface area contributed by atoms with E-state index in [1.807, 2.05) is 24.3 Å². The summed E-state index contributed by atoms with van der Waals surface area (Å²) in [5.74, 6) is 0.624. The highest BCUT2D eigenvalue weighted by Gasteiger charge is 2.03. The Bertz CT molecular complexity index is 472. The van der Waals surface area contributed by atoms with Gasteiger partial charge in [-0.15, -0.1) is 0 Å². The molecule has 0 atom stereocenters. The molecule has 0 saturated carbocycles. The van der Waals surface area contributed by atoms with Crippen molar-refractivity contribution >= 4 is 11.6 Å². The van der Waals surface area contributed by atoms with Crippen molar-refractivity contribution in [1.82, 2.24) is 5.32 Å². The van der Waals surface area contributed by atoms with Crippen LogP contribution in [0.1, 0.15) is 46.1 Å². The Morgan fingerprint density at radius 1 is 0.960 bits per heavy atom. The average Bonchev–Trinajstić information content (AvgIpc) is 2.56. The van der Waals surface area contributed by atoms with Gasteiger partial charge in [0.25, 0.3) is 0 Å². The van der Waals surface area contributed by atoms with Gasteiger partial charge in [-0.1, -0.05) is 39.8 Å². The lowest BCUT2D eigenvalue weighted by Crippen LogP contribution is -2.21. The SMILES string of the molecule is CC(C)CCOCCOCCC(=O)Nc1ccc(CNC(C)C)cc1. The predicted octanol–water partition coefficient (Wildman–Crippen LogP) is 3.59. The van der Waals surface area contributed by atoms with Crippen molar-refractivity contribution < 1.29 is 14.3 Å². The van der Waals surface area contributed by atoms with Gasteiger partial charge in [-0.2, -0.15) is 0 Å². The van der Waals surface area contributed by atoms with Crippen LogP contribution in [0.4, 0.5) is 5.69 Å². The Morgan fingerprint density at radius 3 is 2.20 bits per heavy atom. The molecule has 2 N–H and O–H groups in total. The van der Waals surface area contributed by atoms with Crippen LogP contribution in [0.3, 0.4) is 0 Å². The zero-order valence-corrected chi connectivity index (χ0v) is 16.1. The molecule has 1 rings (SSSR count). The third-order valence-electron chi connectivity index (χ3n) is 3.64. The van der Waals surface area contributed by atoms with E-state index in [1.54, 1.807) is 0 Å². The molecule has 5 nitrogen and oxygen atoms in total. The molecule has 0 fully saturated rings. The minimum Gasteiger partial charge on any atom is -0.379 e. The van der Waals surface area contributed by atoms with Crippen molar-refractivity contribution in [3.63, 3.8) is 0 Å². The van der Waals surface area contributed by atoms with E-state index in [4.69, 9.17) is 9.47 Å². The molecule has 1 aromatic carbocycles. The molecule has 142 valence electrons. The second-order valence-electron chi connectivity index (χ2n) is 6.94. The zero-order valence-electron chi connectivity index (χ0n) is 16.1. The standard InChI is InChI=1S/C20H34N2O3/c1-16(2)9-11-24-13-14-25-12-10-20(23)22-19-7-5-18(6-8-19)15-21-17(3)4/h5-8,16-17,21H,9-15H2,1-4H3,(H,22,23). The smallest absolute Gasteiger partial charge is 0.226 e. The highest BCUT2D eigenvalue weighted by atomic mass is 16.5. The van der Waals surface area contributed by atoms with Crippen LogP contribution in [0, 0.1) is 5.92 Å². The van der Waals surface area contributed by atoms with E-state index in [0.717, 1.165) is 25.3 Å². The van der Waals surface area contributed by atoms with Crippen molar-refractivity contribution in [2.24, 2.45) is 5.92 Å². The number of carbonyl (C=O) groups is 1. The maximum atomic E-state index is 11.9. The van der Waals surface area contributed by atoms with Gasteiger partial charge in [0.2, 0.25) is 5.91 Å². The molecule has 0 aromatic heterocycles. The van der Waals surface area contributed by atoms with E-state index in [9.17, 15) is 4.79 Å². The van der Waals surface area contributed by atoms with Crippen LogP contribution in [0.15, 0.2) is 24.3 Å². The van der Waals surface area contributed by atoms with E-state index in [1.165, 1.54) is 5.56 Å². The van der Waals surface area contributed by atoms with Crippen LogP contribution in [0.5, 0.6) is 0 Å². The fourth-order valence-electron chi connectivity index (χ4n) is 2.06. The number of hydrogen-bond acceptors (Lipinski definition) is 4. The van der Waals surface area contributed by atoms with Gasteiger partial charge in [0.15, 0.2) is 0 Å². The fourth-order valence-corrected chi connectivity index (χ4v) is 2.06. The molecule has 0 radical (unpaired) electrons. The first-order chi connectivity index (χ1) is 12.0. The Morgan fingerprint density at radius 2 is 1.60 bits per heavy atom. The van der Waals surface area contributed by atoms with Crippen LogP contribution in [0.25, 0.3) is 0 Å². The van der Waals surface area contributed by atoms with E-state index >= 15 is 0 Å². The molecule has 0 saturated heterocycles. The van der Waals surface area contributed by atoms with Crippen LogP contribution >= 0.6 is 0 Å². The lowest BCUT2D eigenvalue weighted by atomic mass is 10.1. The van der Waals surface area contributed by atoms with Gasteiger partial charge in [0, 0.05) is 24.9 Å². The van der Waals surface area contributed by atoms with E-state index < -0.39 is 0 Å². The number of nitrogens with one attached hydrogen (secondary N) is 2. The fraction of sp³-hybridized carbons (Fsp3) is 0.650. The van der Waals surface area contributed by atoms with Crippen molar-refractivity contribution in [1.29, 1.82) is 0 Å². The molecule has 1 aromatic rings. The van der Waals surface area contributed by atoms with Gasteiger partial charge in [0.05, 0.1) is 26.2 Å². The van der Waals surface area contributed by atoms with Crippen molar-refractivity contribution in [2.45, 2.75) is 53.1 Å². The van der Waals surface area contributed by atoms with Gasteiger partial charge >= 0.3 is 0 Å². The van der Waals surface area contributed by atoms with Crippen LogP contribution < -0.4 is 10.6 Å². The summed E-state index contributed by atoms with van der Waals surface area (Å²) in [6.45, 7) is 11.7. The molecule has 0 bridgehead atoms. The minimum absolute atomic E-state index is 0.0335. The predicted molar refractivity (Wildman–Crippen MR) is 103 cm³/mol. The molecule has 25 heavy (non-hydrogen) atoms. The number of benzene rings is 1. The number of rotatable bonds is 13. The summed E-state index contributed by atoms with van der Waals surface area (Å²) in [6.07, 6.45) is 1.41. The highest BCUT2D eigenvalue weighted by Crippen LogP contribution is 2.10. The highest BCUT2D eigenvalue weighted by molar-refractivity contribution is 5.90. The molecule has 0 unspecified atom stereocenters. The van der Waals surface area contributed by atoms with Gasteiger partial charge in [0.1, 0.15) is 0 Å². The van der Waals surface area contributed by atoms with Crippen molar-refractivity contribution in [2.75, 3.05) is 31.7 Å². The Labute approximate surface area is 152 Å². The van der Waals surface area contributed by atoms with Crippen LogP contribution in [-0.2, 0) is 20.8 Å². The molecule has 0 aliphatic heterocycles. The minimum atomic E-state index is -0.0335. The van der Waals surface area contributed by atoms with Crippen molar-refractivity contribution in [3.05, 3.63) is 29.8 Å². The summed E-state index contributed by atoms with van der Waals surface area (Å²) in [5, 5.41) is 6.25. The lowest BCUT2D eigenvalue weighted by Gasteiger charge is -2.10. The molecular weight excluding hydrogens is 316 g/mol. The van der Waals surface area contributed by atoms with Crippen LogP contribution in [-0.4, -0.2) is 38.4 Å². The molecular formula is C20H34N2O3.